The van der Waals surface area contributed by atoms with Crippen molar-refractivity contribution in [3.63, 3.8) is 0 Å². The van der Waals surface area contributed by atoms with Gasteiger partial charge < -0.3 is 8.94 Å². The van der Waals surface area contributed by atoms with Crippen molar-refractivity contribution in [3.8, 4) is 23.0 Å². The Kier molecular flexibility index (Phi) is 11.8. The van der Waals surface area contributed by atoms with Gasteiger partial charge in [-0.2, -0.15) is 4.98 Å². The van der Waals surface area contributed by atoms with E-state index >= 15 is 0 Å². The molecular formula is C17H28N2O2. The van der Waals surface area contributed by atoms with Gasteiger partial charge in [-0.05, 0) is 12.1 Å². The molecule has 0 aliphatic heterocycles. The van der Waals surface area contributed by atoms with Gasteiger partial charge in [-0.3, -0.25) is 0 Å². The molecule has 0 saturated heterocycles. The molecule has 0 aliphatic rings. The van der Waals surface area contributed by atoms with Crippen LogP contribution in [0.3, 0.4) is 0 Å². The third-order valence-electron chi connectivity index (χ3n) is 2.19. The van der Waals surface area contributed by atoms with Crippen LogP contribution in [0, 0.1) is 0 Å². The molecule has 0 aliphatic carbocycles. The average molecular weight is 292 g/mol. The molecule has 2 heterocycles. The zero-order valence-corrected chi connectivity index (χ0v) is 8.33. The fourth-order valence-corrected chi connectivity index (χ4v) is 1.43. The average Bonchev–Trinajstić information content (AvgIpc) is 3.01. The molecule has 0 saturated carbocycles. The monoisotopic (exact) mass is 292 g/mol. The van der Waals surface area contributed by atoms with Crippen LogP contribution >= 0.6 is 0 Å². The van der Waals surface area contributed by atoms with Crippen LogP contribution in [0.15, 0.2) is 57.7 Å². The highest BCUT2D eigenvalue weighted by molar-refractivity contribution is 5.56. The molecule has 118 valence electrons. The molecule has 3 aromatic rings. The molecule has 0 bridgehead atoms. The topological polar surface area (TPSA) is 52.1 Å². The molecule has 0 N–H and O–H groups in total. The van der Waals surface area contributed by atoms with E-state index in [4.69, 9.17) is 8.94 Å². The predicted molar refractivity (Wildman–Crippen MR) is 91.1 cm³/mol. The van der Waals surface area contributed by atoms with Crippen molar-refractivity contribution in [2.45, 2.75) is 37.1 Å². The summed E-state index contributed by atoms with van der Waals surface area (Å²) < 4.78 is 10.3. The maximum atomic E-state index is 5.17. The van der Waals surface area contributed by atoms with Crippen molar-refractivity contribution in [1.29, 1.82) is 0 Å². The predicted octanol–water partition coefficient (Wildman–Crippen LogP) is 6.18. The van der Waals surface area contributed by atoms with E-state index in [-0.39, 0.29) is 37.1 Å². The molecule has 0 atom stereocenters. The smallest absolute Gasteiger partial charge is 0.293 e. The highest BCUT2D eigenvalue weighted by Crippen LogP contribution is 2.21. The van der Waals surface area contributed by atoms with E-state index in [0.29, 0.717) is 17.5 Å². The number of benzene rings is 1. The van der Waals surface area contributed by atoms with Crippen LogP contribution in [0.5, 0.6) is 0 Å². The van der Waals surface area contributed by atoms with Gasteiger partial charge in [-0.1, -0.05) is 72.6 Å². The highest BCUT2D eigenvalue weighted by atomic mass is 16.5. The van der Waals surface area contributed by atoms with E-state index in [0.717, 1.165) is 5.56 Å². The minimum atomic E-state index is 0. The van der Waals surface area contributed by atoms with Crippen molar-refractivity contribution in [2.24, 2.45) is 0 Å². The quantitative estimate of drug-likeness (QED) is 0.566. The first-order valence-electron chi connectivity index (χ1n) is 4.86. The van der Waals surface area contributed by atoms with E-state index in [1.165, 1.54) is 0 Å². The van der Waals surface area contributed by atoms with Crippen molar-refractivity contribution < 1.29 is 8.94 Å². The fraction of sp³-hybridized carbons (Fsp3) is 0.294. The molecule has 0 unspecified atom stereocenters. The third-order valence-corrected chi connectivity index (χ3v) is 2.19. The SMILES string of the molecule is C.C.C.C.C.c1ccc(-c2noc(-c3ccco3)n2)cc1. The van der Waals surface area contributed by atoms with Crippen molar-refractivity contribution in [3.05, 3.63) is 48.7 Å². The van der Waals surface area contributed by atoms with Crippen LogP contribution in [0.2, 0.25) is 0 Å². The van der Waals surface area contributed by atoms with Gasteiger partial charge in [0.05, 0.1) is 6.26 Å². The van der Waals surface area contributed by atoms with E-state index in [1.54, 1.807) is 18.4 Å². The number of hydrogen-bond donors (Lipinski definition) is 0. The molecule has 2 aromatic heterocycles. The van der Waals surface area contributed by atoms with Gasteiger partial charge in [0.1, 0.15) is 0 Å². The Morgan fingerprint density at radius 3 is 2.00 bits per heavy atom. The minimum absolute atomic E-state index is 0. The number of nitrogens with zero attached hydrogens (tertiary/aromatic N) is 2. The van der Waals surface area contributed by atoms with Gasteiger partial charge in [0, 0.05) is 5.56 Å². The van der Waals surface area contributed by atoms with E-state index in [9.17, 15) is 0 Å². The lowest BCUT2D eigenvalue weighted by atomic mass is 10.2. The summed E-state index contributed by atoms with van der Waals surface area (Å²) in [7, 11) is 0. The lowest BCUT2D eigenvalue weighted by molar-refractivity contribution is 0.417. The first kappa shape index (κ1) is 23.7. The summed E-state index contributed by atoms with van der Waals surface area (Å²) in [6, 6.07) is 13.2. The molecule has 3 rings (SSSR count). The molecular weight excluding hydrogens is 264 g/mol. The first-order chi connectivity index (χ1) is 7.93. The van der Waals surface area contributed by atoms with Crippen molar-refractivity contribution in [2.75, 3.05) is 0 Å². The van der Waals surface area contributed by atoms with Crippen LogP contribution in [-0.2, 0) is 0 Å². The Morgan fingerprint density at radius 1 is 0.762 bits per heavy atom. The van der Waals surface area contributed by atoms with Crippen LogP contribution < -0.4 is 0 Å². The van der Waals surface area contributed by atoms with Gasteiger partial charge in [0.15, 0.2) is 5.76 Å². The van der Waals surface area contributed by atoms with Gasteiger partial charge >= 0.3 is 0 Å². The van der Waals surface area contributed by atoms with Crippen LogP contribution in [0.4, 0.5) is 0 Å². The van der Waals surface area contributed by atoms with Gasteiger partial charge in [-0.25, -0.2) is 0 Å². The molecule has 1 aromatic carbocycles. The molecule has 21 heavy (non-hydrogen) atoms. The van der Waals surface area contributed by atoms with Crippen LogP contribution in [0.1, 0.15) is 37.1 Å². The summed E-state index contributed by atoms with van der Waals surface area (Å²) in [6.07, 6.45) is 1.57. The number of furan rings is 1. The molecule has 4 nitrogen and oxygen atoms in total. The summed E-state index contributed by atoms with van der Waals surface area (Å²) in [4.78, 5) is 4.25. The lowest BCUT2D eigenvalue weighted by Gasteiger charge is -1.90. The fourth-order valence-electron chi connectivity index (χ4n) is 1.43. The van der Waals surface area contributed by atoms with Gasteiger partial charge in [0.2, 0.25) is 5.82 Å². The normalized spacial score (nSPS) is 8.00. The third kappa shape index (κ3) is 4.91. The number of hydrogen-bond acceptors (Lipinski definition) is 4. The highest BCUT2D eigenvalue weighted by Gasteiger charge is 2.11. The summed E-state index contributed by atoms with van der Waals surface area (Å²) >= 11 is 0. The zero-order chi connectivity index (χ0) is 10.8. The summed E-state index contributed by atoms with van der Waals surface area (Å²) in [6.45, 7) is 0. The number of rotatable bonds is 2. The Bertz CT molecular complexity index is 572. The van der Waals surface area contributed by atoms with E-state index in [1.807, 2.05) is 30.3 Å². The minimum Gasteiger partial charge on any atom is -0.459 e. The Morgan fingerprint density at radius 2 is 1.43 bits per heavy atom. The van der Waals surface area contributed by atoms with Crippen LogP contribution in [-0.4, -0.2) is 10.1 Å². The molecule has 4 heteroatoms. The second-order valence-electron chi connectivity index (χ2n) is 3.27. The molecule has 0 radical (unpaired) electrons. The van der Waals surface area contributed by atoms with Crippen molar-refractivity contribution >= 4 is 0 Å². The van der Waals surface area contributed by atoms with E-state index < -0.39 is 0 Å². The van der Waals surface area contributed by atoms with Crippen LogP contribution in [0.25, 0.3) is 23.0 Å². The Hall–Kier alpha value is -2.36. The van der Waals surface area contributed by atoms with Gasteiger partial charge in [0.25, 0.3) is 5.89 Å². The van der Waals surface area contributed by atoms with Gasteiger partial charge in [-0.15, -0.1) is 0 Å². The largest absolute Gasteiger partial charge is 0.459 e. The maximum Gasteiger partial charge on any atom is 0.293 e. The van der Waals surface area contributed by atoms with Crippen molar-refractivity contribution in [1.82, 2.24) is 10.1 Å². The summed E-state index contributed by atoms with van der Waals surface area (Å²) in [5.74, 6) is 1.53. The second-order valence-corrected chi connectivity index (χ2v) is 3.27. The summed E-state index contributed by atoms with van der Waals surface area (Å²) in [5, 5.41) is 3.90. The molecule has 0 fully saturated rings. The standard InChI is InChI=1S/C12H8N2O2.5CH4/c1-2-5-9(6-3-1)11-13-12(16-14-11)10-7-4-8-15-10;;;;;/h1-8H;5*1H4. The summed E-state index contributed by atoms with van der Waals surface area (Å²) in [5.41, 5.74) is 0.920. The molecule has 0 amide bonds. The van der Waals surface area contributed by atoms with E-state index in [2.05, 4.69) is 10.1 Å². The molecule has 0 spiro atoms. The zero-order valence-electron chi connectivity index (χ0n) is 8.33. The maximum absolute atomic E-state index is 5.17. The number of aromatic nitrogens is 2. The Labute approximate surface area is 128 Å². The first-order valence-corrected chi connectivity index (χ1v) is 4.86. The lowest BCUT2D eigenvalue weighted by Crippen LogP contribution is -1.79. The Balaban J connectivity index is -0.000000648. The second kappa shape index (κ2) is 10.4.